The van der Waals surface area contributed by atoms with Crippen LogP contribution in [0.1, 0.15) is 34.1 Å². The van der Waals surface area contributed by atoms with Crippen LogP contribution in [-0.4, -0.2) is 36.4 Å². The Bertz CT molecular complexity index is 360. The third-order valence-corrected chi connectivity index (χ3v) is 3.37. The van der Waals surface area contributed by atoms with E-state index in [1.165, 1.54) is 6.92 Å². The Hall–Kier alpha value is -1.24. The van der Waals surface area contributed by atoms with E-state index in [0.717, 1.165) is 13.8 Å². The van der Waals surface area contributed by atoms with Gasteiger partial charge in [0, 0.05) is 19.8 Å². The summed E-state index contributed by atoms with van der Waals surface area (Å²) >= 11 is 0. The van der Waals surface area contributed by atoms with E-state index in [0.29, 0.717) is 0 Å². The van der Waals surface area contributed by atoms with Crippen LogP contribution in [0.5, 0.6) is 0 Å². The molecule has 0 amide bonds. The Kier molecular flexibility index (Phi) is 4.84. The summed E-state index contributed by atoms with van der Waals surface area (Å²) in [4.78, 5) is 22.0. The van der Waals surface area contributed by atoms with Gasteiger partial charge >= 0.3 is 11.9 Å². The molecule has 110 valence electrons. The smallest absolute Gasteiger partial charge is 0.305 e. The van der Waals surface area contributed by atoms with Gasteiger partial charge in [0.05, 0.1) is 0 Å². The van der Waals surface area contributed by atoms with Crippen molar-refractivity contribution < 1.29 is 32.6 Å². The SMILES string of the molecule is CC[C@@]1(C(F)F)O[C@H](OC(C)=O)[C@H](OC(C)=O)[C@@H]1C. The zero-order chi connectivity index (χ0) is 14.8. The van der Waals surface area contributed by atoms with Crippen molar-refractivity contribution in [2.24, 2.45) is 5.92 Å². The van der Waals surface area contributed by atoms with E-state index in [4.69, 9.17) is 14.2 Å². The summed E-state index contributed by atoms with van der Waals surface area (Å²) in [5.41, 5.74) is -1.78. The maximum absolute atomic E-state index is 13.3. The van der Waals surface area contributed by atoms with Crippen molar-refractivity contribution in [1.82, 2.24) is 0 Å². The number of ether oxygens (including phenoxy) is 3. The van der Waals surface area contributed by atoms with Crippen molar-refractivity contribution in [3.05, 3.63) is 0 Å². The lowest BCUT2D eigenvalue weighted by atomic mass is 9.85. The number of alkyl halides is 2. The van der Waals surface area contributed by atoms with E-state index in [9.17, 15) is 18.4 Å². The molecule has 1 saturated heterocycles. The van der Waals surface area contributed by atoms with Gasteiger partial charge in [-0.1, -0.05) is 13.8 Å². The van der Waals surface area contributed by atoms with E-state index in [2.05, 4.69) is 0 Å². The van der Waals surface area contributed by atoms with Crippen LogP contribution in [0.25, 0.3) is 0 Å². The Morgan fingerprint density at radius 1 is 1.26 bits per heavy atom. The number of rotatable bonds is 4. The first-order valence-electron chi connectivity index (χ1n) is 6.05. The normalized spacial score (nSPS) is 34.4. The number of carbonyl (C=O) groups excluding carboxylic acids is 2. The van der Waals surface area contributed by atoms with E-state index >= 15 is 0 Å². The second-order valence-electron chi connectivity index (χ2n) is 4.57. The molecule has 1 aliphatic rings. The lowest BCUT2D eigenvalue weighted by Crippen LogP contribution is -2.43. The number of halogens is 2. The van der Waals surface area contributed by atoms with Gasteiger partial charge in [-0.05, 0) is 6.42 Å². The van der Waals surface area contributed by atoms with Crippen LogP contribution in [0.2, 0.25) is 0 Å². The first-order valence-corrected chi connectivity index (χ1v) is 6.05. The average Bonchev–Trinajstić information content (AvgIpc) is 2.53. The van der Waals surface area contributed by atoms with Gasteiger partial charge in [-0.15, -0.1) is 0 Å². The van der Waals surface area contributed by atoms with Gasteiger partial charge < -0.3 is 14.2 Å². The van der Waals surface area contributed by atoms with Crippen LogP contribution in [0.4, 0.5) is 8.78 Å². The van der Waals surface area contributed by atoms with Gasteiger partial charge in [0.2, 0.25) is 6.29 Å². The predicted octanol–water partition coefficient (Wildman–Crippen LogP) is 1.89. The fourth-order valence-electron chi connectivity index (χ4n) is 2.32. The molecule has 0 aromatic carbocycles. The lowest BCUT2D eigenvalue weighted by Gasteiger charge is -2.30. The van der Waals surface area contributed by atoms with Crippen LogP contribution >= 0.6 is 0 Å². The molecule has 5 nitrogen and oxygen atoms in total. The molecule has 1 aliphatic heterocycles. The summed E-state index contributed by atoms with van der Waals surface area (Å²) in [6, 6.07) is 0. The molecule has 0 saturated carbocycles. The Morgan fingerprint density at radius 3 is 2.16 bits per heavy atom. The van der Waals surface area contributed by atoms with E-state index in [1.807, 2.05) is 0 Å². The Labute approximate surface area is 110 Å². The monoisotopic (exact) mass is 280 g/mol. The van der Waals surface area contributed by atoms with Crippen molar-refractivity contribution >= 4 is 11.9 Å². The predicted molar refractivity (Wildman–Crippen MR) is 60.4 cm³/mol. The number of hydrogen-bond acceptors (Lipinski definition) is 5. The van der Waals surface area contributed by atoms with Gasteiger partial charge in [0.15, 0.2) is 6.10 Å². The molecule has 1 heterocycles. The van der Waals surface area contributed by atoms with Gasteiger partial charge in [-0.25, -0.2) is 8.78 Å². The topological polar surface area (TPSA) is 61.8 Å². The number of hydrogen-bond donors (Lipinski definition) is 0. The van der Waals surface area contributed by atoms with Crippen LogP contribution in [0.15, 0.2) is 0 Å². The maximum Gasteiger partial charge on any atom is 0.305 e. The van der Waals surface area contributed by atoms with Crippen LogP contribution in [0, 0.1) is 5.92 Å². The zero-order valence-electron chi connectivity index (χ0n) is 11.3. The van der Waals surface area contributed by atoms with Crippen molar-refractivity contribution in [1.29, 1.82) is 0 Å². The quantitative estimate of drug-likeness (QED) is 0.736. The second-order valence-corrected chi connectivity index (χ2v) is 4.57. The summed E-state index contributed by atoms with van der Waals surface area (Å²) in [5, 5.41) is 0. The molecule has 0 N–H and O–H groups in total. The van der Waals surface area contributed by atoms with E-state index < -0.39 is 42.3 Å². The standard InChI is InChI=1S/C12H18F2O5/c1-5-12(11(13)14)6(2)9(17-7(3)15)10(19-12)18-8(4)16/h6,9-11H,5H2,1-4H3/t6-,9+,10-,12+/m0/s1. The van der Waals surface area contributed by atoms with Crippen LogP contribution in [-0.2, 0) is 23.8 Å². The van der Waals surface area contributed by atoms with Crippen molar-refractivity contribution in [3.63, 3.8) is 0 Å². The third-order valence-electron chi connectivity index (χ3n) is 3.37. The molecule has 0 unspecified atom stereocenters. The van der Waals surface area contributed by atoms with Crippen molar-refractivity contribution in [3.8, 4) is 0 Å². The molecule has 4 atom stereocenters. The number of carbonyl (C=O) groups is 2. The number of esters is 2. The summed E-state index contributed by atoms with van der Waals surface area (Å²) in [6.07, 6.45) is -5.09. The maximum atomic E-state index is 13.3. The average molecular weight is 280 g/mol. The van der Waals surface area contributed by atoms with Gasteiger partial charge in [0.1, 0.15) is 5.60 Å². The fourth-order valence-corrected chi connectivity index (χ4v) is 2.32. The Balaban J connectivity index is 3.03. The van der Waals surface area contributed by atoms with Gasteiger partial charge in [0.25, 0.3) is 6.43 Å². The van der Waals surface area contributed by atoms with Gasteiger partial charge in [-0.2, -0.15) is 0 Å². The molecule has 1 fully saturated rings. The molecule has 0 radical (unpaired) electrons. The van der Waals surface area contributed by atoms with Crippen molar-refractivity contribution in [2.45, 2.75) is 58.5 Å². The van der Waals surface area contributed by atoms with E-state index in [-0.39, 0.29) is 6.42 Å². The minimum absolute atomic E-state index is 0.0152. The molecule has 19 heavy (non-hydrogen) atoms. The summed E-state index contributed by atoms with van der Waals surface area (Å²) < 4.78 is 41.5. The Morgan fingerprint density at radius 2 is 1.79 bits per heavy atom. The molecular formula is C12H18F2O5. The molecule has 0 spiro atoms. The van der Waals surface area contributed by atoms with Crippen molar-refractivity contribution in [2.75, 3.05) is 0 Å². The first kappa shape index (κ1) is 15.8. The zero-order valence-corrected chi connectivity index (χ0v) is 11.3. The second kappa shape index (κ2) is 5.81. The fraction of sp³-hybridized carbons (Fsp3) is 0.833. The molecule has 1 rings (SSSR count). The first-order chi connectivity index (χ1) is 8.74. The highest BCUT2D eigenvalue weighted by molar-refractivity contribution is 5.67. The molecule has 0 aromatic heterocycles. The van der Waals surface area contributed by atoms with Gasteiger partial charge in [-0.3, -0.25) is 9.59 Å². The largest absolute Gasteiger partial charge is 0.455 e. The molecular weight excluding hydrogens is 262 g/mol. The summed E-state index contributed by atoms with van der Waals surface area (Å²) in [5.74, 6) is -2.11. The van der Waals surface area contributed by atoms with Crippen LogP contribution < -0.4 is 0 Å². The summed E-state index contributed by atoms with van der Waals surface area (Å²) in [7, 11) is 0. The molecule has 0 aliphatic carbocycles. The highest BCUT2D eigenvalue weighted by Crippen LogP contribution is 2.44. The molecule has 7 heteroatoms. The molecule has 0 bridgehead atoms. The van der Waals surface area contributed by atoms with Crippen LogP contribution in [0.3, 0.4) is 0 Å². The highest BCUT2D eigenvalue weighted by Gasteiger charge is 2.59. The summed E-state index contributed by atoms with van der Waals surface area (Å²) in [6.45, 7) is 5.33. The van der Waals surface area contributed by atoms with E-state index in [1.54, 1.807) is 6.92 Å². The third kappa shape index (κ3) is 3.02. The molecule has 0 aromatic rings. The highest BCUT2D eigenvalue weighted by atomic mass is 19.3. The lowest BCUT2D eigenvalue weighted by molar-refractivity contribution is -0.223. The minimum Gasteiger partial charge on any atom is -0.455 e. The minimum atomic E-state index is -2.77.